The Bertz CT molecular complexity index is 840. The summed E-state index contributed by atoms with van der Waals surface area (Å²) in [5.41, 5.74) is 4.07. The van der Waals surface area contributed by atoms with Gasteiger partial charge in [-0.25, -0.2) is 0 Å². The van der Waals surface area contributed by atoms with E-state index >= 15 is 0 Å². The Hall–Kier alpha value is -2.53. The van der Waals surface area contributed by atoms with E-state index in [1.54, 1.807) is 0 Å². The summed E-state index contributed by atoms with van der Waals surface area (Å²) in [6, 6.07) is 15.2. The Kier molecular flexibility index (Phi) is 2.62. The predicted octanol–water partition coefficient (Wildman–Crippen LogP) is 3.33. The lowest BCUT2D eigenvalue weighted by molar-refractivity contribution is -0.106. The van der Waals surface area contributed by atoms with E-state index in [-0.39, 0.29) is 5.12 Å². The molecule has 0 radical (unpaired) electrons. The van der Waals surface area contributed by atoms with Crippen LogP contribution < -0.4 is 5.32 Å². The monoisotopic (exact) mass is 294 g/mol. The highest BCUT2D eigenvalue weighted by atomic mass is 32.2. The first-order valence-electron chi connectivity index (χ1n) is 6.44. The molecule has 2 aliphatic rings. The fourth-order valence-electron chi connectivity index (χ4n) is 2.67. The van der Waals surface area contributed by atoms with Crippen molar-refractivity contribution in [1.82, 2.24) is 0 Å². The van der Waals surface area contributed by atoms with Crippen LogP contribution in [-0.4, -0.2) is 16.0 Å². The molecule has 2 aromatic rings. The molecule has 2 heterocycles. The number of rotatable bonds is 0. The molecule has 102 valence electrons. The zero-order chi connectivity index (χ0) is 14.4. The lowest BCUT2D eigenvalue weighted by atomic mass is 10.0. The normalized spacial score (nSPS) is 21.3. The summed E-state index contributed by atoms with van der Waals surface area (Å²) >= 11 is 1.20. The highest BCUT2D eigenvalue weighted by Crippen LogP contribution is 2.44. The molecule has 2 aromatic carbocycles. The highest BCUT2D eigenvalue weighted by molar-refractivity contribution is 8.15. The summed E-state index contributed by atoms with van der Waals surface area (Å²) in [6.07, 6.45) is 0. The zero-order valence-electron chi connectivity index (χ0n) is 10.8. The van der Waals surface area contributed by atoms with Crippen LogP contribution in [0.5, 0.6) is 0 Å². The van der Waals surface area contributed by atoms with E-state index < -0.39 is 0 Å². The number of carbonyl (C=O) groups is 1. The van der Waals surface area contributed by atoms with E-state index in [2.05, 4.69) is 10.5 Å². The smallest absolute Gasteiger partial charge is 0.226 e. The average molecular weight is 294 g/mol. The minimum absolute atomic E-state index is 0.0346. The second-order valence-corrected chi connectivity index (χ2v) is 5.77. The summed E-state index contributed by atoms with van der Waals surface area (Å²) in [4.78, 5) is 13.3. The topological polar surface area (TPSA) is 61.7 Å². The van der Waals surface area contributed by atoms with Gasteiger partial charge in [0.15, 0.2) is 0 Å². The van der Waals surface area contributed by atoms with Gasteiger partial charge < -0.3 is 10.5 Å². The van der Waals surface area contributed by atoms with E-state index in [9.17, 15) is 10.0 Å². The molecule has 5 heteroatoms. The van der Waals surface area contributed by atoms with Gasteiger partial charge >= 0.3 is 0 Å². The van der Waals surface area contributed by atoms with Gasteiger partial charge in [0.2, 0.25) is 5.12 Å². The summed E-state index contributed by atoms with van der Waals surface area (Å²) in [5.74, 6) is 0. The van der Waals surface area contributed by atoms with Crippen LogP contribution in [0.3, 0.4) is 0 Å². The number of thioether (sulfide) groups is 1. The first kappa shape index (κ1) is 12.2. The van der Waals surface area contributed by atoms with Gasteiger partial charge in [-0.3, -0.25) is 4.79 Å². The third-order valence-corrected chi connectivity index (χ3v) is 4.56. The number of hydrogen-bond donors (Lipinski definition) is 2. The molecule has 0 aromatic heterocycles. The maximum atomic E-state index is 12.4. The molecule has 2 N–H and O–H groups in total. The lowest BCUT2D eigenvalue weighted by Crippen LogP contribution is -2.08. The van der Waals surface area contributed by atoms with Crippen molar-refractivity contribution < 1.29 is 10.0 Å². The van der Waals surface area contributed by atoms with Gasteiger partial charge in [-0.05, 0) is 23.9 Å². The van der Waals surface area contributed by atoms with E-state index in [1.165, 1.54) is 11.8 Å². The van der Waals surface area contributed by atoms with Crippen molar-refractivity contribution in [3.63, 3.8) is 0 Å². The number of fused-ring (bicyclic) bond motifs is 2. The summed E-state index contributed by atoms with van der Waals surface area (Å²) in [5, 5.41) is 15.9. The van der Waals surface area contributed by atoms with Crippen molar-refractivity contribution in [1.29, 1.82) is 0 Å². The number of oxime groups is 1. The van der Waals surface area contributed by atoms with Crippen LogP contribution >= 0.6 is 11.8 Å². The molecule has 4 nitrogen and oxygen atoms in total. The second-order valence-electron chi connectivity index (χ2n) is 4.75. The molecule has 0 fully saturated rings. The Morgan fingerprint density at radius 3 is 2.52 bits per heavy atom. The average Bonchev–Trinajstić information content (AvgIpc) is 3.02. The summed E-state index contributed by atoms with van der Waals surface area (Å²) < 4.78 is 0. The number of hydrogen-bond acceptors (Lipinski definition) is 5. The van der Waals surface area contributed by atoms with Crippen LogP contribution in [0.2, 0.25) is 0 Å². The zero-order valence-corrected chi connectivity index (χ0v) is 11.6. The molecule has 0 aliphatic carbocycles. The molecular weight excluding hydrogens is 284 g/mol. The van der Waals surface area contributed by atoms with Crippen molar-refractivity contribution in [3.8, 4) is 0 Å². The number of nitrogens with zero attached hydrogens (tertiary/aromatic N) is 1. The van der Waals surface area contributed by atoms with E-state index in [0.717, 1.165) is 21.7 Å². The number of nitrogens with one attached hydrogen (secondary N) is 1. The van der Waals surface area contributed by atoms with Crippen molar-refractivity contribution in [2.45, 2.75) is 4.90 Å². The Labute approximate surface area is 125 Å². The fraction of sp³-hybridized carbons (Fsp3) is 0. The molecule has 0 saturated carbocycles. The molecule has 2 aliphatic heterocycles. The van der Waals surface area contributed by atoms with Gasteiger partial charge in [-0.2, -0.15) is 0 Å². The molecular formula is C16H10N2O2S. The van der Waals surface area contributed by atoms with Crippen LogP contribution in [0.25, 0.3) is 5.57 Å². The molecule has 0 unspecified atom stereocenters. The minimum Gasteiger partial charge on any atom is -0.410 e. The molecule has 0 bridgehead atoms. The number of benzene rings is 2. The SMILES string of the molecule is O=C1Sc2ccccc2/C1=C1/Nc2ccccc2/C1=N\O. The fourth-order valence-corrected chi connectivity index (χ4v) is 3.61. The highest BCUT2D eigenvalue weighted by Gasteiger charge is 2.34. The first-order valence-corrected chi connectivity index (χ1v) is 7.26. The van der Waals surface area contributed by atoms with Gasteiger partial charge in [-0.1, -0.05) is 41.6 Å². The van der Waals surface area contributed by atoms with Crippen LogP contribution in [-0.2, 0) is 4.79 Å². The van der Waals surface area contributed by atoms with E-state index in [0.29, 0.717) is 17.0 Å². The van der Waals surface area contributed by atoms with E-state index in [4.69, 9.17) is 0 Å². The quantitative estimate of drug-likeness (QED) is 0.444. The lowest BCUT2D eigenvalue weighted by Gasteiger charge is -2.05. The Balaban J connectivity index is 1.97. The maximum absolute atomic E-state index is 12.4. The first-order chi connectivity index (χ1) is 10.3. The Morgan fingerprint density at radius 2 is 1.71 bits per heavy atom. The largest absolute Gasteiger partial charge is 0.410 e. The van der Waals surface area contributed by atoms with Gasteiger partial charge in [-0.15, -0.1) is 0 Å². The molecule has 21 heavy (non-hydrogen) atoms. The standard InChI is InChI=1S/C16H10N2O2S/c19-16-13(10-6-2-4-8-12(10)21-16)15-14(18-20)9-5-1-3-7-11(9)17-15/h1-8,17,20H/b15-13-,18-14+. The van der Waals surface area contributed by atoms with Crippen LogP contribution in [0.1, 0.15) is 11.1 Å². The minimum atomic E-state index is -0.0346. The van der Waals surface area contributed by atoms with Crippen LogP contribution in [0.4, 0.5) is 5.69 Å². The van der Waals surface area contributed by atoms with Crippen molar-refractivity contribution >= 4 is 33.8 Å². The molecule has 0 atom stereocenters. The third-order valence-electron chi connectivity index (χ3n) is 3.59. The molecule has 0 amide bonds. The van der Waals surface area contributed by atoms with Crippen molar-refractivity contribution in [3.05, 3.63) is 65.4 Å². The summed E-state index contributed by atoms with van der Waals surface area (Å²) in [6.45, 7) is 0. The predicted molar refractivity (Wildman–Crippen MR) is 82.6 cm³/mol. The van der Waals surface area contributed by atoms with Crippen LogP contribution in [0, 0.1) is 0 Å². The molecule has 0 spiro atoms. The van der Waals surface area contributed by atoms with Crippen LogP contribution in [0.15, 0.2) is 64.3 Å². The number of anilines is 1. The Morgan fingerprint density at radius 1 is 1.00 bits per heavy atom. The van der Waals surface area contributed by atoms with Gasteiger partial charge in [0, 0.05) is 21.7 Å². The van der Waals surface area contributed by atoms with Gasteiger partial charge in [0.25, 0.3) is 0 Å². The molecule has 4 rings (SSSR count). The third kappa shape index (κ3) is 1.71. The molecule has 0 saturated heterocycles. The van der Waals surface area contributed by atoms with E-state index in [1.807, 2.05) is 48.5 Å². The van der Waals surface area contributed by atoms with Gasteiger partial charge in [0.05, 0.1) is 11.3 Å². The van der Waals surface area contributed by atoms with Gasteiger partial charge in [0.1, 0.15) is 5.71 Å². The number of carbonyl (C=O) groups excluding carboxylic acids is 1. The van der Waals surface area contributed by atoms with Crippen molar-refractivity contribution in [2.24, 2.45) is 5.16 Å². The summed E-state index contributed by atoms with van der Waals surface area (Å²) in [7, 11) is 0. The number of para-hydroxylation sites is 1. The second kappa shape index (κ2) is 4.49. The number of allylic oxidation sites excluding steroid dienone is 1. The van der Waals surface area contributed by atoms with Crippen molar-refractivity contribution in [2.75, 3.05) is 5.32 Å². The maximum Gasteiger partial charge on any atom is 0.226 e.